The molecule has 3 unspecified atom stereocenters. The Kier molecular flexibility index (Phi) is 4.22. The molecule has 0 radical (unpaired) electrons. The summed E-state index contributed by atoms with van der Waals surface area (Å²) in [5, 5.41) is 7.22. The quantitative estimate of drug-likeness (QED) is 0.746. The van der Waals surface area contributed by atoms with Gasteiger partial charge in [-0.25, -0.2) is 0 Å². The Hall–Kier alpha value is -0.120. The molecule has 0 aromatic rings. The van der Waals surface area contributed by atoms with Gasteiger partial charge in [0.15, 0.2) is 0 Å². The molecule has 0 aromatic heterocycles. The Morgan fingerprint density at radius 2 is 2.38 bits per heavy atom. The number of hydrogen-bond acceptors (Lipinski definition) is 3. The first-order valence-electron chi connectivity index (χ1n) is 6.81. The molecule has 0 aliphatic carbocycles. The van der Waals surface area contributed by atoms with E-state index < -0.39 is 0 Å². The van der Waals surface area contributed by atoms with Crippen LogP contribution in [0.25, 0.3) is 0 Å². The summed E-state index contributed by atoms with van der Waals surface area (Å²) in [6.45, 7) is 8.91. The van der Waals surface area contributed by atoms with E-state index in [-0.39, 0.29) is 0 Å². The first-order chi connectivity index (χ1) is 7.73. The molecule has 3 heteroatoms. The molecule has 2 saturated heterocycles. The Bertz CT molecular complexity index is 214. The summed E-state index contributed by atoms with van der Waals surface area (Å²) in [5.41, 5.74) is 0.334. The maximum absolute atomic E-state index is 5.71. The van der Waals surface area contributed by atoms with Crippen molar-refractivity contribution in [1.82, 2.24) is 10.6 Å². The number of rotatable bonds is 5. The van der Waals surface area contributed by atoms with Gasteiger partial charge in [-0.15, -0.1) is 0 Å². The summed E-state index contributed by atoms with van der Waals surface area (Å²) in [4.78, 5) is 0. The van der Waals surface area contributed by atoms with E-state index >= 15 is 0 Å². The van der Waals surface area contributed by atoms with E-state index in [1.165, 1.54) is 25.8 Å². The van der Waals surface area contributed by atoms with Crippen LogP contribution in [0.1, 0.15) is 39.5 Å². The van der Waals surface area contributed by atoms with Gasteiger partial charge >= 0.3 is 0 Å². The molecule has 2 rings (SSSR count). The Labute approximate surface area is 99.3 Å². The van der Waals surface area contributed by atoms with E-state index in [1.54, 1.807) is 0 Å². The number of nitrogens with one attached hydrogen (secondary N) is 2. The highest BCUT2D eigenvalue weighted by atomic mass is 16.5. The van der Waals surface area contributed by atoms with Crippen LogP contribution >= 0.6 is 0 Å². The highest BCUT2D eigenvalue weighted by molar-refractivity contribution is 4.91. The van der Waals surface area contributed by atoms with Gasteiger partial charge in [0.1, 0.15) is 0 Å². The Morgan fingerprint density at radius 3 is 3.06 bits per heavy atom. The molecule has 2 N–H and O–H groups in total. The zero-order chi connectivity index (χ0) is 11.4. The summed E-state index contributed by atoms with van der Waals surface area (Å²) in [6, 6.07) is 0. The molecule has 3 atom stereocenters. The summed E-state index contributed by atoms with van der Waals surface area (Å²) in [5.74, 6) is 0.731. The molecule has 0 spiro atoms. The van der Waals surface area contributed by atoms with Crippen LogP contribution in [0.5, 0.6) is 0 Å². The summed E-state index contributed by atoms with van der Waals surface area (Å²) in [6.07, 6.45) is 5.51. The largest absolute Gasteiger partial charge is 0.378 e. The zero-order valence-electron chi connectivity index (χ0n) is 10.7. The minimum Gasteiger partial charge on any atom is -0.378 e. The van der Waals surface area contributed by atoms with Crippen molar-refractivity contribution in [3.8, 4) is 0 Å². The second-order valence-corrected chi connectivity index (χ2v) is 5.59. The van der Waals surface area contributed by atoms with Crippen LogP contribution in [0.3, 0.4) is 0 Å². The average Bonchev–Trinajstić information content (AvgIpc) is 2.88. The van der Waals surface area contributed by atoms with Crippen molar-refractivity contribution in [2.24, 2.45) is 5.92 Å². The third-order valence-electron chi connectivity index (χ3n) is 4.13. The van der Waals surface area contributed by atoms with Gasteiger partial charge in [0, 0.05) is 25.2 Å². The molecule has 0 bridgehead atoms. The zero-order valence-corrected chi connectivity index (χ0v) is 10.7. The smallest absolute Gasteiger partial charge is 0.0613 e. The van der Waals surface area contributed by atoms with Crippen molar-refractivity contribution in [1.29, 1.82) is 0 Å². The van der Waals surface area contributed by atoms with Gasteiger partial charge in [-0.2, -0.15) is 0 Å². The van der Waals surface area contributed by atoms with Crippen molar-refractivity contribution >= 4 is 0 Å². The average molecular weight is 226 g/mol. The molecule has 16 heavy (non-hydrogen) atoms. The van der Waals surface area contributed by atoms with E-state index in [0.29, 0.717) is 11.6 Å². The second kappa shape index (κ2) is 5.48. The predicted octanol–water partition coefficient (Wildman–Crippen LogP) is 1.53. The van der Waals surface area contributed by atoms with Gasteiger partial charge in [-0.3, -0.25) is 0 Å². The predicted molar refractivity (Wildman–Crippen MR) is 66.6 cm³/mol. The van der Waals surface area contributed by atoms with Crippen molar-refractivity contribution < 1.29 is 4.74 Å². The highest BCUT2D eigenvalue weighted by Gasteiger charge is 2.29. The number of ether oxygens (including phenoxy) is 1. The van der Waals surface area contributed by atoms with Crippen LogP contribution in [-0.4, -0.2) is 37.9 Å². The summed E-state index contributed by atoms with van der Waals surface area (Å²) >= 11 is 0. The maximum Gasteiger partial charge on any atom is 0.0613 e. The molecule has 2 heterocycles. The van der Waals surface area contributed by atoms with E-state index in [2.05, 4.69) is 24.5 Å². The highest BCUT2D eigenvalue weighted by Crippen LogP contribution is 2.23. The first kappa shape index (κ1) is 12.3. The summed E-state index contributed by atoms with van der Waals surface area (Å²) < 4.78 is 5.71. The molecule has 0 saturated carbocycles. The van der Waals surface area contributed by atoms with Gasteiger partial charge in [-0.1, -0.05) is 6.92 Å². The van der Waals surface area contributed by atoms with E-state index in [9.17, 15) is 0 Å². The van der Waals surface area contributed by atoms with E-state index in [4.69, 9.17) is 4.74 Å². The van der Waals surface area contributed by atoms with Crippen molar-refractivity contribution in [2.45, 2.75) is 51.2 Å². The molecule has 0 aromatic carbocycles. The van der Waals surface area contributed by atoms with Crippen LogP contribution in [0.2, 0.25) is 0 Å². The lowest BCUT2D eigenvalue weighted by Crippen LogP contribution is -2.47. The maximum atomic E-state index is 5.71. The molecule has 2 fully saturated rings. The van der Waals surface area contributed by atoms with Crippen LogP contribution in [0, 0.1) is 5.92 Å². The monoisotopic (exact) mass is 226 g/mol. The lowest BCUT2D eigenvalue weighted by Gasteiger charge is -2.26. The number of hydrogen-bond donors (Lipinski definition) is 2. The van der Waals surface area contributed by atoms with Crippen LogP contribution in [-0.2, 0) is 4.74 Å². The standard InChI is InChI=1S/C13H26N2O/c1-3-12-11(5-8-16-12)9-14-10-13(2)6-4-7-15-13/h11-12,14-15H,3-10H2,1-2H3. The Morgan fingerprint density at radius 1 is 1.50 bits per heavy atom. The molecule has 94 valence electrons. The van der Waals surface area contributed by atoms with Crippen LogP contribution in [0.4, 0.5) is 0 Å². The van der Waals surface area contributed by atoms with Gasteiger partial charge < -0.3 is 15.4 Å². The molecule has 0 amide bonds. The molecule has 2 aliphatic rings. The minimum absolute atomic E-state index is 0.334. The normalized spacial score (nSPS) is 39.4. The topological polar surface area (TPSA) is 33.3 Å². The summed E-state index contributed by atoms with van der Waals surface area (Å²) in [7, 11) is 0. The lowest BCUT2D eigenvalue weighted by atomic mass is 9.97. The van der Waals surface area contributed by atoms with Gasteiger partial charge in [0.2, 0.25) is 0 Å². The third-order valence-corrected chi connectivity index (χ3v) is 4.13. The molecular formula is C13H26N2O. The van der Waals surface area contributed by atoms with Crippen molar-refractivity contribution in [2.75, 3.05) is 26.2 Å². The fourth-order valence-electron chi connectivity index (χ4n) is 3.02. The van der Waals surface area contributed by atoms with Gasteiger partial charge in [-0.05, 0) is 45.1 Å². The second-order valence-electron chi connectivity index (χ2n) is 5.59. The SMILES string of the molecule is CCC1OCCC1CNCC1(C)CCCN1. The van der Waals surface area contributed by atoms with Gasteiger partial charge in [0.05, 0.1) is 6.10 Å². The minimum atomic E-state index is 0.334. The molecule has 2 aliphatic heterocycles. The lowest BCUT2D eigenvalue weighted by molar-refractivity contribution is 0.0869. The van der Waals surface area contributed by atoms with E-state index in [0.717, 1.165) is 32.0 Å². The fraction of sp³-hybridized carbons (Fsp3) is 1.00. The third kappa shape index (κ3) is 2.96. The Balaban J connectivity index is 1.67. The van der Waals surface area contributed by atoms with Crippen molar-refractivity contribution in [3.63, 3.8) is 0 Å². The van der Waals surface area contributed by atoms with Crippen LogP contribution in [0.15, 0.2) is 0 Å². The fourth-order valence-corrected chi connectivity index (χ4v) is 3.02. The molecular weight excluding hydrogens is 200 g/mol. The van der Waals surface area contributed by atoms with E-state index in [1.807, 2.05) is 0 Å². The van der Waals surface area contributed by atoms with Crippen LogP contribution < -0.4 is 10.6 Å². The van der Waals surface area contributed by atoms with Crippen molar-refractivity contribution in [3.05, 3.63) is 0 Å². The first-order valence-corrected chi connectivity index (χ1v) is 6.81. The molecule has 3 nitrogen and oxygen atoms in total. The van der Waals surface area contributed by atoms with Gasteiger partial charge in [0.25, 0.3) is 0 Å².